The first kappa shape index (κ1) is 15.0. The third-order valence-corrected chi connectivity index (χ3v) is 3.47. The molecule has 2 aromatic heterocycles. The molecule has 0 unspecified atom stereocenters. The van der Waals surface area contributed by atoms with E-state index in [0.29, 0.717) is 13.1 Å². The lowest BCUT2D eigenvalue weighted by atomic mass is 10.2. The van der Waals surface area contributed by atoms with E-state index < -0.39 is 0 Å². The summed E-state index contributed by atoms with van der Waals surface area (Å²) in [5, 5.41) is 10.4. The van der Waals surface area contributed by atoms with E-state index in [1.54, 1.807) is 17.1 Å². The van der Waals surface area contributed by atoms with Crippen molar-refractivity contribution in [3.05, 3.63) is 41.5 Å². The van der Waals surface area contributed by atoms with E-state index >= 15 is 0 Å². The Morgan fingerprint density at radius 1 is 1.29 bits per heavy atom. The van der Waals surface area contributed by atoms with Gasteiger partial charge in [-0.3, -0.25) is 14.5 Å². The molecule has 2 rings (SSSR count). The highest BCUT2D eigenvalue weighted by molar-refractivity contribution is 5.75. The molecule has 6 nitrogen and oxygen atoms in total. The number of nitrogens with zero attached hydrogens (tertiary/aromatic N) is 3. The minimum Gasteiger partial charge on any atom is -0.382 e. The van der Waals surface area contributed by atoms with Gasteiger partial charge in [0.15, 0.2) is 0 Å². The number of pyridine rings is 1. The molecule has 6 heteroatoms. The Balaban J connectivity index is 1.74. The molecule has 112 valence electrons. The standard InChI is InChI=1S/C15H21N5O/c1-11-12(2)19-20(13(11)3)10-15(21)18-8-7-17-14-5-4-6-16-9-14/h4-6,9,17H,7-8,10H2,1-3H3,(H,18,21). The van der Waals surface area contributed by atoms with Crippen molar-refractivity contribution in [2.75, 3.05) is 18.4 Å². The molecule has 1 amide bonds. The summed E-state index contributed by atoms with van der Waals surface area (Å²) in [7, 11) is 0. The van der Waals surface area contributed by atoms with Crippen LogP contribution in [0.5, 0.6) is 0 Å². The molecule has 0 saturated carbocycles. The molecule has 21 heavy (non-hydrogen) atoms. The van der Waals surface area contributed by atoms with Gasteiger partial charge in [-0.05, 0) is 38.5 Å². The summed E-state index contributed by atoms with van der Waals surface area (Å²) in [5.74, 6) is -0.0337. The molecule has 0 spiro atoms. The van der Waals surface area contributed by atoms with Crippen molar-refractivity contribution in [3.8, 4) is 0 Å². The van der Waals surface area contributed by atoms with Gasteiger partial charge in [0.1, 0.15) is 6.54 Å². The number of nitrogens with one attached hydrogen (secondary N) is 2. The van der Waals surface area contributed by atoms with Crippen LogP contribution in [0.4, 0.5) is 5.69 Å². The molecule has 0 aliphatic rings. The Labute approximate surface area is 124 Å². The van der Waals surface area contributed by atoms with Crippen LogP contribution >= 0.6 is 0 Å². The molecule has 0 radical (unpaired) electrons. The molecule has 0 aromatic carbocycles. The molecule has 0 aliphatic heterocycles. The van der Waals surface area contributed by atoms with E-state index in [-0.39, 0.29) is 12.5 Å². The highest BCUT2D eigenvalue weighted by Crippen LogP contribution is 2.10. The van der Waals surface area contributed by atoms with Gasteiger partial charge in [-0.25, -0.2) is 0 Å². The molecule has 2 heterocycles. The fourth-order valence-electron chi connectivity index (χ4n) is 2.01. The fourth-order valence-corrected chi connectivity index (χ4v) is 2.01. The van der Waals surface area contributed by atoms with Gasteiger partial charge in [0, 0.05) is 31.2 Å². The number of rotatable bonds is 6. The van der Waals surface area contributed by atoms with E-state index in [1.165, 1.54) is 0 Å². The van der Waals surface area contributed by atoms with Gasteiger partial charge in [0.25, 0.3) is 0 Å². The largest absolute Gasteiger partial charge is 0.382 e. The van der Waals surface area contributed by atoms with Gasteiger partial charge in [-0.2, -0.15) is 5.10 Å². The zero-order valence-corrected chi connectivity index (χ0v) is 12.7. The SMILES string of the molecule is Cc1nn(CC(=O)NCCNc2cccnc2)c(C)c1C. The van der Waals surface area contributed by atoms with Gasteiger partial charge in [0.2, 0.25) is 5.91 Å². The van der Waals surface area contributed by atoms with Crippen LogP contribution in [-0.2, 0) is 11.3 Å². The summed E-state index contributed by atoms with van der Waals surface area (Å²) >= 11 is 0. The number of aromatic nitrogens is 3. The monoisotopic (exact) mass is 287 g/mol. The van der Waals surface area contributed by atoms with Crippen molar-refractivity contribution >= 4 is 11.6 Å². The minimum atomic E-state index is -0.0337. The van der Waals surface area contributed by atoms with Gasteiger partial charge in [0.05, 0.1) is 11.4 Å². The second kappa shape index (κ2) is 6.88. The molecular weight excluding hydrogens is 266 g/mol. The summed E-state index contributed by atoms with van der Waals surface area (Å²) in [5.41, 5.74) is 4.09. The lowest BCUT2D eigenvalue weighted by molar-refractivity contribution is -0.121. The van der Waals surface area contributed by atoms with Gasteiger partial charge >= 0.3 is 0 Å². The lowest BCUT2D eigenvalue weighted by Crippen LogP contribution is -2.32. The Hall–Kier alpha value is -2.37. The minimum absolute atomic E-state index is 0.0337. The highest BCUT2D eigenvalue weighted by Gasteiger charge is 2.10. The summed E-state index contributed by atoms with van der Waals surface area (Å²) in [6, 6.07) is 3.81. The average molecular weight is 287 g/mol. The second-order valence-corrected chi connectivity index (χ2v) is 4.97. The zero-order valence-electron chi connectivity index (χ0n) is 12.7. The Morgan fingerprint density at radius 2 is 2.10 bits per heavy atom. The number of hydrogen-bond acceptors (Lipinski definition) is 4. The van der Waals surface area contributed by atoms with Crippen molar-refractivity contribution in [2.24, 2.45) is 0 Å². The summed E-state index contributed by atoms with van der Waals surface area (Å²) < 4.78 is 1.74. The number of aryl methyl sites for hydroxylation is 1. The van der Waals surface area contributed by atoms with Crippen LogP contribution < -0.4 is 10.6 Å². The molecule has 0 atom stereocenters. The highest BCUT2D eigenvalue weighted by atomic mass is 16.2. The summed E-state index contributed by atoms with van der Waals surface area (Å²) in [6.45, 7) is 7.43. The number of amides is 1. The topological polar surface area (TPSA) is 71.8 Å². The van der Waals surface area contributed by atoms with Crippen LogP contribution in [0.25, 0.3) is 0 Å². The van der Waals surface area contributed by atoms with Crippen molar-refractivity contribution in [1.82, 2.24) is 20.1 Å². The third-order valence-electron chi connectivity index (χ3n) is 3.47. The molecule has 0 saturated heterocycles. The van der Waals surface area contributed by atoms with Gasteiger partial charge < -0.3 is 10.6 Å². The number of carbonyl (C=O) groups excluding carboxylic acids is 1. The van der Waals surface area contributed by atoms with Crippen LogP contribution in [-0.4, -0.2) is 33.8 Å². The van der Waals surface area contributed by atoms with E-state index in [4.69, 9.17) is 0 Å². The first-order valence-corrected chi connectivity index (χ1v) is 6.99. The predicted octanol–water partition coefficient (Wildman–Crippen LogP) is 1.43. The maximum Gasteiger partial charge on any atom is 0.241 e. The van der Waals surface area contributed by atoms with E-state index in [9.17, 15) is 4.79 Å². The molecule has 0 bridgehead atoms. The quantitative estimate of drug-likeness (QED) is 0.788. The van der Waals surface area contributed by atoms with Crippen LogP contribution in [0.15, 0.2) is 24.5 Å². The normalized spacial score (nSPS) is 10.4. The zero-order chi connectivity index (χ0) is 15.2. The van der Waals surface area contributed by atoms with Gasteiger partial charge in [-0.1, -0.05) is 0 Å². The lowest BCUT2D eigenvalue weighted by Gasteiger charge is -2.08. The third kappa shape index (κ3) is 4.05. The van der Waals surface area contributed by atoms with E-state index in [0.717, 1.165) is 22.6 Å². The van der Waals surface area contributed by atoms with Crippen LogP contribution in [0.2, 0.25) is 0 Å². The van der Waals surface area contributed by atoms with Crippen LogP contribution in [0.3, 0.4) is 0 Å². The van der Waals surface area contributed by atoms with Gasteiger partial charge in [-0.15, -0.1) is 0 Å². The van der Waals surface area contributed by atoms with Crippen molar-refractivity contribution in [1.29, 1.82) is 0 Å². The summed E-state index contributed by atoms with van der Waals surface area (Å²) in [6.07, 6.45) is 3.48. The second-order valence-electron chi connectivity index (χ2n) is 4.97. The molecule has 0 fully saturated rings. The summed E-state index contributed by atoms with van der Waals surface area (Å²) in [4.78, 5) is 15.9. The smallest absolute Gasteiger partial charge is 0.241 e. The first-order chi connectivity index (χ1) is 10.1. The maximum absolute atomic E-state index is 11.9. The number of hydrogen-bond donors (Lipinski definition) is 2. The van der Waals surface area contributed by atoms with Crippen LogP contribution in [0.1, 0.15) is 17.0 Å². The maximum atomic E-state index is 11.9. The molecule has 0 aliphatic carbocycles. The van der Waals surface area contributed by atoms with Crippen molar-refractivity contribution in [3.63, 3.8) is 0 Å². The number of anilines is 1. The van der Waals surface area contributed by atoms with Crippen molar-refractivity contribution < 1.29 is 4.79 Å². The average Bonchev–Trinajstić information content (AvgIpc) is 2.72. The Morgan fingerprint density at radius 3 is 2.71 bits per heavy atom. The van der Waals surface area contributed by atoms with E-state index in [2.05, 4.69) is 20.7 Å². The number of carbonyl (C=O) groups is 1. The van der Waals surface area contributed by atoms with Crippen molar-refractivity contribution in [2.45, 2.75) is 27.3 Å². The Kier molecular flexibility index (Phi) is 4.92. The fraction of sp³-hybridized carbons (Fsp3) is 0.400. The van der Waals surface area contributed by atoms with E-state index in [1.807, 2.05) is 32.9 Å². The Bertz CT molecular complexity index is 606. The molecule has 2 aromatic rings. The molecule has 2 N–H and O–H groups in total. The predicted molar refractivity (Wildman–Crippen MR) is 82.2 cm³/mol. The first-order valence-electron chi connectivity index (χ1n) is 6.99. The van der Waals surface area contributed by atoms with Crippen LogP contribution in [0, 0.1) is 20.8 Å². The molecular formula is C15H21N5O.